The van der Waals surface area contributed by atoms with E-state index < -0.39 is 11.6 Å². The van der Waals surface area contributed by atoms with Gasteiger partial charge in [-0.25, -0.2) is 8.78 Å². The van der Waals surface area contributed by atoms with E-state index in [1.54, 1.807) is 0 Å². The van der Waals surface area contributed by atoms with Crippen molar-refractivity contribution in [2.75, 3.05) is 13.1 Å². The molecule has 0 aliphatic carbocycles. The summed E-state index contributed by atoms with van der Waals surface area (Å²) in [6.07, 6.45) is 0.961. The molecule has 0 saturated carbocycles. The van der Waals surface area contributed by atoms with Crippen molar-refractivity contribution in [3.63, 3.8) is 0 Å². The second-order valence-electron chi connectivity index (χ2n) is 3.58. The van der Waals surface area contributed by atoms with Crippen LogP contribution in [0.1, 0.15) is 12.0 Å². The highest BCUT2D eigenvalue weighted by Gasteiger charge is 2.11. The van der Waals surface area contributed by atoms with E-state index >= 15 is 0 Å². The maximum atomic E-state index is 13.2. The van der Waals surface area contributed by atoms with Gasteiger partial charge in [0.25, 0.3) is 0 Å². The van der Waals surface area contributed by atoms with Crippen LogP contribution in [0.4, 0.5) is 8.78 Å². The smallest absolute Gasteiger partial charge is 0.129 e. The van der Waals surface area contributed by atoms with Gasteiger partial charge in [-0.15, -0.1) is 0 Å². The van der Waals surface area contributed by atoms with Gasteiger partial charge in [0.05, 0.1) is 0 Å². The molecule has 1 aromatic carbocycles. The number of halogens is 2. The summed E-state index contributed by atoms with van der Waals surface area (Å²) in [5.74, 6) is -0.866. The SMILES string of the molecule is NCC(CN)CCc1c(F)cccc1F. The lowest BCUT2D eigenvalue weighted by molar-refractivity contribution is 0.484. The fourth-order valence-electron chi connectivity index (χ4n) is 1.45. The lowest BCUT2D eigenvalue weighted by Crippen LogP contribution is -2.23. The third-order valence-electron chi connectivity index (χ3n) is 2.53. The molecule has 1 aromatic rings. The average molecular weight is 214 g/mol. The quantitative estimate of drug-likeness (QED) is 0.779. The number of hydrogen-bond donors (Lipinski definition) is 2. The summed E-state index contributed by atoms with van der Waals surface area (Å²) < 4.78 is 26.4. The number of hydrogen-bond acceptors (Lipinski definition) is 2. The van der Waals surface area contributed by atoms with Crippen molar-refractivity contribution < 1.29 is 8.78 Å². The van der Waals surface area contributed by atoms with Crippen LogP contribution in [-0.4, -0.2) is 13.1 Å². The molecule has 0 bridgehead atoms. The molecule has 0 radical (unpaired) electrons. The topological polar surface area (TPSA) is 52.0 Å². The first kappa shape index (κ1) is 12.1. The monoisotopic (exact) mass is 214 g/mol. The molecule has 0 fully saturated rings. The molecular formula is C11H16F2N2. The van der Waals surface area contributed by atoms with Crippen LogP contribution in [0.3, 0.4) is 0 Å². The van der Waals surface area contributed by atoms with Gasteiger partial charge < -0.3 is 11.5 Å². The van der Waals surface area contributed by atoms with Gasteiger partial charge in [-0.3, -0.25) is 0 Å². The van der Waals surface area contributed by atoms with Gasteiger partial charge >= 0.3 is 0 Å². The van der Waals surface area contributed by atoms with Crippen LogP contribution in [-0.2, 0) is 6.42 Å². The molecular weight excluding hydrogens is 198 g/mol. The summed E-state index contributed by atoms with van der Waals surface area (Å²) in [7, 11) is 0. The maximum absolute atomic E-state index is 13.2. The minimum absolute atomic E-state index is 0.129. The van der Waals surface area contributed by atoms with Gasteiger partial charge in [-0.05, 0) is 44.0 Å². The van der Waals surface area contributed by atoms with Crippen LogP contribution >= 0.6 is 0 Å². The Morgan fingerprint density at radius 2 is 1.60 bits per heavy atom. The summed E-state index contributed by atoms with van der Waals surface area (Å²) >= 11 is 0. The first-order valence-electron chi connectivity index (χ1n) is 5.02. The van der Waals surface area contributed by atoms with Gasteiger partial charge in [-0.1, -0.05) is 6.07 Å². The predicted octanol–water partition coefficient (Wildman–Crippen LogP) is 1.43. The zero-order valence-corrected chi connectivity index (χ0v) is 8.55. The van der Waals surface area contributed by atoms with E-state index in [4.69, 9.17) is 11.5 Å². The molecule has 84 valence electrons. The molecule has 0 spiro atoms. The van der Waals surface area contributed by atoms with Crippen molar-refractivity contribution in [3.05, 3.63) is 35.4 Å². The fraction of sp³-hybridized carbons (Fsp3) is 0.455. The lowest BCUT2D eigenvalue weighted by atomic mass is 9.99. The van der Waals surface area contributed by atoms with Crippen molar-refractivity contribution in [3.8, 4) is 0 Å². The third-order valence-corrected chi connectivity index (χ3v) is 2.53. The Bertz CT molecular complexity index is 291. The minimum Gasteiger partial charge on any atom is -0.330 e. The Labute approximate surface area is 88.3 Å². The number of rotatable bonds is 5. The Kier molecular flexibility index (Phi) is 4.65. The molecule has 2 nitrogen and oxygen atoms in total. The van der Waals surface area contributed by atoms with E-state index in [1.165, 1.54) is 18.2 Å². The molecule has 0 saturated heterocycles. The molecule has 0 aliphatic rings. The largest absolute Gasteiger partial charge is 0.330 e. The second kappa shape index (κ2) is 5.78. The van der Waals surface area contributed by atoms with Gasteiger partial charge in [0.1, 0.15) is 11.6 Å². The predicted molar refractivity (Wildman–Crippen MR) is 56.3 cm³/mol. The summed E-state index contributed by atoms with van der Waals surface area (Å²) in [6, 6.07) is 3.88. The molecule has 0 aromatic heterocycles. The minimum atomic E-state index is -0.497. The molecule has 0 heterocycles. The zero-order valence-electron chi connectivity index (χ0n) is 8.55. The first-order chi connectivity index (χ1) is 7.19. The average Bonchev–Trinajstić information content (AvgIpc) is 2.23. The van der Waals surface area contributed by atoms with Crippen molar-refractivity contribution in [2.45, 2.75) is 12.8 Å². The van der Waals surface area contributed by atoms with Crippen LogP contribution in [0.15, 0.2) is 18.2 Å². The molecule has 0 aliphatic heterocycles. The zero-order chi connectivity index (χ0) is 11.3. The standard InChI is InChI=1S/C11H16F2N2/c12-10-2-1-3-11(13)9(10)5-4-8(6-14)7-15/h1-3,8H,4-7,14-15H2. The summed E-state index contributed by atoms with van der Waals surface area (Å²) in [5, 5.41) is 0. The van der Waals surface area contributed by atoms with Gasteiger partial charge in [0.2, 0.25) is 0 Å². The van der Waals surface area contributed by atoms with Crippen molar-refractivity contribution >= 4 is 0 Å². The number of nitrogens with two attached hydrogens (primary N) is 2. The highest BCUT2D eigenvalue weighted by atomic mass is 19.1. The maximum Gasteiger partial charge on any atom is 0.129 e. The lowest BCUT2D eigenvalue weighted by Gasteiger charge is -2.12. The highest BCUT2D eigenvalue weighted by Crippen LogP contribution is 2.16. The van der Waals surface area contributed by atoms with Crippen molar-refractivity contribution in [2.24, 2.45) is 17.4 Å². The Morgan fingerprint density at radius 1 is 1.07 bits per heavy atom. The van der Waals surface area contributed by atoms with Crippen LogP contribution in [0.5, 0.6) is 0 Å². The molecule has 1 rings (SSSR count). The Hall–Kier alpha value is -1.00. The van der Waals surface area contributed by atoms with Crippen molar-refractivity contribution in [1.82, 2.24) is 0 Å². The van der Waals surface area contributed by atoms with E-state index in [0.717, 1.165) is 0 Å². The van der Waals surface area contributed by atoms with Gasteiger partial charge in [0.15, 0.2) is 0 Å². The van der Waals surface area contributed by atoms with E-state index in [-0.39, 0.29) is 11.5 Å². The van der Waals surface area contributed by atoms with E-state index in [9.17, 15) is 8.78 Å². The molecule has 0 amide bonds. The fourth-order valence-corrected chi connectivity index (χ4v) is 1.45. The van der Waals surface area contributed by atoms with Crippen LogP contribution in [0, 0.1) is 17.6 Å². The molecule has 0 unspecified atom stereocenters. The molecule has 4 N–H and O–H groups in total. The molecule has 0 atom stereocenters. The third kappa shape index (κ3) is 3.25. The van der Waals surface area contributed by atoms with Crippen molar-refractivity contribution in [1.29, 1.82) is 0 Å². The first-order valence-corrected chi connectivity index (χ1v) is 5.02. The summed E-state index contributed by atoms with van der Waals surface area (Å²) in [6.45, 7) is 0.902. The second-order valence-corrected chi connectivity index (χ2v) is 3.58. The van der Waals surface area contributed by atoms with Gasteiger partial charge in [0, 0.05) is 5.56 Å². The van der Waals surface area contributed by atoms with Crippen LogP contribution < -0.4 is 11.5 Å². The van der Waals surface area contributed by atoms with E-state index in [0.29, 0.717) is 25.9 Å². The molecule has 15 heavy (non-hydrogen) atoms. The Balaban J connectivity index is 2.64. The van der Waals surface area contributed by atoms with Crippen LogP contribution in [0.2, 0.25) is 0 Å². The van der Waals surface area contributed by atoms with E-state index in [2.05, 4.69) is 0 Å². The normalized spacial score (nSPS) is 11.0. The summed E-state index contributed by atoms with van der Waals surface area (Å²) in [5.41, 5.74) is 11.0. The van der Waals surface area contributed by atoms with E-state index in [1.807, 2.05) is 0 Å². The number of benzene rings is 1. The van der Waals surface area contributed by atoms with Gasteiger partial charge in [-0.2, -0.15) is 0 Å². The Morgan fingerprint density at radius 3 is 2.07 bits per heavy atom. The van der Waals surface area contributed by atoms with Crippen LogP contribution in [0.25, 0.3) is 0 Å². The summed E-state index contributed by atoms with van der Waals surface area (Å²) in [4.78, 5) is 0. The highest BCUT2D eigenvalue weighted by molar-refractivity contribution is 5.19. The molecule has 4 heteroatoms.